The number of thioether (sulfide) groups is 1. The van der Waals surface area contributed by atoms with Crippen molar-refractivity contribution in [2.45, 2.75) is 4.90 Å². The van der Waals surface area contributed by atoms with Gasteiger partial charge in [0.25, 0.3) is 0 Å². The molecule has 0 fully saturated rings. The van der Waals surface area contributed by atoms with Gasteiger partial charge in [0.05, 0.1) is 5.02 Å². The molecule has 1 aromatic carbocycles. The van der Waals surface area contributed by atoms with Crippen molar-refractivity contribution in [1.29, 1.82) is 0 Å². The third-order valence-corrected chi connectivity index (χ3v) is 4.20. The van der Waals surface area contributed by atoms with Gasteiger partial charge in [-0.3, -0.25) is 4.79 Å². The number of hydrogen-bond acceptors (Lipinski definition) is 3. The van der Waals surface area contributed by atoms with Crippen molar-refractivity contribution in [2.24, 2.45) is 0 Å². The van der Waals surface area contributed by atoms with Crippen LogP contribution in [-0.4, -0.2) is 10.1 Å². The molecule has 2 nitrogen and oxygen atoms in total. The Hall–Kier alpha value is -0.550. The van der Waals surface area contributed by atoms with E-state index < -0.39 is 0 Å². The summed E-state index contributed by atoms with van der Waals surface area (Å²) in [7, 11) is 0. The van der Waals surface area contributed by atoms with Gasteiger partial charge in [0.15, 0.2) is 0 Å². The highest BCUT2D eigenvalue weighted by Gasteiger charge is 2.10. The Morgan fingerprint density at radius 2 is 1.89 bits per heavy atom. The summed E-state index contributed by atoms with van der Waals surface area (Å²) in [6, 6.07) is 8.99. The lowest BCUT2D eigenvalue weighted by Gasteiger charge is -2.02. The van der Waals surface area contributed by atoms with Crippen LogP contribution in [0.15, 0.2) is 45.9 Å². The number of pyridine rings is 1. The van der Waals surface area contributed by atoms with Crippen LogP contribution in [-0.2, 0) is 0 Å². The molecule has 6 heteroatoms. The summed E-state index contributed by atoms with van der Waals surface area (Å²) in [6.07, 6.45) is 1.42. The van der Waals surface area contributed by atoms with Crippen LogP contribution in [0.25, 0.3) is 0 Å². The summed E-state index contributed by atoms with van der Waals surface area (Å²) in [5.41, 5.74) is 0.428. The Balaban J connectivity index is 2.16. The van der Waals surface area contributed by atoms with Gasteiger partial charge in [-0.2, -0.15) is 0 Å². The number of aromatic nitrogens is 1. The van der Waals surface area contributed by atoms with E-state index in [4.69, 9.17) is 23.2 Å². The number of benzene rings is 1. The molecular formula is C12H6BrCl2NOS. The van der Waals surface area contributed by atoms with Crippen molar-refractivity contribution in [1.82, 2.24) is 4.98 Å². The number of hydrogen-bond donors (Lipinski definition) is 0. The highest BCUT2D eigenvalue weighted by atomic mass is 79.9. The first-order valence-electron chi connectivity index (χ1n) is 4.85. The molecule has 0 aliphatic heterocycles. The molecule has 0 atom stereocenters. The van der Waals surface area contributed by atoms with Gasteiger partial charge in [0.2, 0.25) is 5.12 Å². The fourth-order valence-electron chi connectivity index (χ4n) is 1.20. The Morgan fingerprint density at radius 3 is 2.50 bits per heavy atom. The molecule has 0 amide bonds. The molecule has 0 spiro atoms. The van der Waals surface area contributed by atoms with E-state index in [1.165, 1.54) is 12.3 Å². The van der Waals surface area contributed by atoms with Gasteiger partial charge in [-0.15, -0.1) is 0 Å². The van der Waals surface area contributed by atoms with Gasteiger partial charge in [-0.05, 0) is 42.1 Å². The number of halogens is 3. The Morgan fingerprint density at radius 1 is 1.22 bits per heavy atom. The molecule has 0 saturated heterocycles. The third kappa shape index (κ3) is 3.48. The summed E-state index contributed by atoms with van der Waals surface area (Å²) < 4.78 is 0.968. The van der Waals surface area contributed by atoms with Crippen LogP contribution in [0.4, 0.5) is 0 Å². The second-order valence-electron chi connectivity index (χ2n) is 3.34. The maximum absolute atomic E-state index is 12.0. The van der Waals surface area contributed by atoms with Crippen LogP contribution in [0.3, 0.4) is 0 Å². The molecule has 0 unspecified atom stereocenters. The van der Waals surface area contributed by atoms with Gasteiger partial charge in [0.1, 0.15) is 5.15 Å². The minimum absolute atomic E-state index is 0.122. The van der Waals surface area contributed by atoms with Crippen molar-refractivity contribution in [2.75, 3.05) is 0 Å². The van der Waals surface area contributed by atoms with Crippen molar-refractivity contribution < 1.29 is 4.79 Å². The van der Waals surface area contributed by atoms with Crippen LogP contribution >= 0.6 is 50.9 Å². The second kappa shape index (κ2) is 6.06. The molecule has 0 aliphatic rings. The first kappa shape index (κ1) is 13.9. The maximum Gasteiger partial charge on any atom is 0.225 e. The average Bonchev–Trinajstić information content (AvgIpc) is 2.35. The molecule has 1 aromatic heterocycles. The van der Waals surface area contributed by atoms with E-state index in [2.05, 4.69) is 20.9 Å². The van der Waals surface area contributed by atoms with Crippen molar-refractivity contribution >= 4 is 56.0 Å². The molecule has 0 saturated carbocycles. The number of carbonyl (C=O) groups is 1. The van der Waals surface area contributed by atoms with Crippen molar-refractivity contribution in [3.63, 3.8) is 0 Å². The lowest BCUT2D eigenvalue weighted by molar-refractivity contribution is 0.108. The number of carbonyl (C=O) groups excluding carboxylic acids is 1. The smallest absolute Gasteiger partial charge is 0.225 e. The van der Waals surface area contributed by atoms with Gasteiger partial charge in [-0.1, -0.05) is 39.1 Å². The zero-order chi connectivity index (χ0) is 13.1. The van der Waals surface area contributed by atoms with E-state index in [0.717, 1.165) is 21.1 Å². The third-order valence-electron chi connectivity index (χ3n) is 2.06. The largest absolute Gasteiger partial charge is 0.281 e. The molecule has 1 heterocycles. The Labute approximate surface area is 127 Å². The predicted molar refractivity (Wildman–Crippen MR) is 78.6 cm³/mol. The standard InChI is InChI=1S/C12H6BrCl2NOS/c13-8-1-3-9(4-2-8)18-12(17)7-5-10(14)11(15)16-6-7/h1-6H. The van der Waals surface area contributed by atoms with E-state index in [0.29, 0.717) is 5.56 Å². The maximum atomic E-state index is 12.0. The zero-order valence-electron chi connectivity index (χ0n) is 8.86. The summed E-state index contributed by atoms with van der Waals surface area (Å²) in [4.78, 5) is 16.7. The first-order valence-corrected chi connectivity index (χ1v) is 7.21. The van der Waals surface area contributed by atoms with Gasteiger partial charge >= 0.3 is 0 Å². The fourth-order valence-corrected chi connectivity index (χ4v) is 2.45. The highest BCUT2D eigenvalue weighted by molar-refractivity contribution is 9.10. The van der Waals surface area contributed by atoms with E-state index >= 15 is 0 Å². The number of nitrogens with zero attached hydrogens (tertiary/aromatic N) is 1. The van der Waals surface area contributed by atoms with Crippen molar-refractivity contribution in [3.05, 3.63) is 56.7 Å². The normalized spacial score (nSPS) is 10.4. The second-order valence-corrected chi connectivity index (χ2v) is 6.07. The van der Waals surface area contributed by atoms with Crippen LogP contribution < -0.4 is 0 Å². The van der Waals surface area contributed by atoms with Crippen LogP contribution in [0.5, 0.6) is 0 Å². The lowest BCUT2D eigenvalue weighted by atomic mass is 10.3. The van der Waals surface area contributed by atoms with Crippen LogP contribution in [0.1, 0.15) is 10.4 Å². The molecule has 2 aromatic rings. The lowest BCUT2D eigenvalue weighted by Crippen LogP contribution is -1.94. The van der Waals surface area contributed by atoms with Gasteiger partial charge < -0.3 is 0 Å². The molecule has 0 radical (unpaired) electrons. The fraction of sp³-hybridized carbons (Fsp3) is 0. The minimum atomic E-state index is -0.122. The van der Waals surface area contributed by atoms with Gasteiger partial charge in [-0.25, -0.2) is 4.98 Å². The average molecular weight is 363 g/mol. The molecule has 0 N–H and O–H groups in total. The molecule has 92 valence electrons. The summed E-state index contributed by atoms with van der Waals surface area (Å²) in [6.45, 7) is 0. The van der Waals surface area contributed by atoms with Crippen LogP contribution in [0.2, 0.25) is 10.2 Å². The number of rotatable bonds is 2. The van der Waals surface area contributed by atoms with E-state index in [1.54, 1.807) is 0 Å². The SMILES string of the molecule is O=C(Sc1ccc(Br)cc1)c1cnc(Cl)c(Cl)c1. The first-order chi connectivity index (χ1) is 8.56. The highest BCUT2D eigenvalue weighted by Crippen LogP contribution is 2.27. The summed E-state index contributed by atoms with van der Waals surface area (Å²) in [5.74, 6) is 0. The Kier molecular flexibility index (Phi) is 4.67. The summed E-state index contributed by atoms with van der Waals surface area (Å²) >= 11 is 16.0. The van der Waals surface area contributed by atoms with Gasteiger partial charge in [0, 0.05) is 21.1 Å². The van der Waals surface area contributed by atoms with E-state index in [9.17, 15) is 4.79 Å². The zero-order valence-corrected chi connectivity index (χ0v) is 12.8. The Bertz CT molecular complexity index is 589. The monoisotopic (exact) mass is 361 g/mol. The van der Waals surface area contributed by atoms with Crippen molar-refractivity contribution in [3.8, 4) is 0 Å². The molecule has 0 aliphatic carbocycles. The van der Waals surface area contributed by atoms with E-state index in [1.807, 2.05) is 24.3 Å². The minimum Gasteiger partial charge on any atom is -0.281 e. The molecule has 0 bridgehead atoms. The molecule has 18 heavy (non-hydrogen) atoms. The topological polar surface area (TPSA) is 30.0 Å². The summed E-state index contributed by atoms with van der Waals surface area (Å²) in [5, 5.41) is 0.351. The van der Waals surface area contributed by atoms with E-state index in [-0.39, 0.29) is 15.3 Å². The molecule has 2 rings (SSSR count). The quantitative estimate of drug-likeness (QED) is 0.551. The predicted octanol–water partition coefficient (Wildman–Crippen LogP) is 5.08. The van der Waals surface area contributed by atoms with Crippen LogP contribution in [0, 0.1) is 0 Å². The molecular weight excluding hydrogens is 357 g/mol.